The number of hydrogen-bond donors (Lipinski definition) is 1. The summed E-state index contributed by atoms with van der Waals surface area (Å²) >= 11 is 0. The van der Waals surface area contributed by atoms with Crippen molar-refractivity contribution in [3.05, 3.63) is 36.3 Å². The van der Waals surface area contributed by atoms with Gasteiger partial charge in [-0.05, 0) is 18.9 Å². The molecule has 3 aromatic heterocycles. The number of hydrogen-bond acceptors (Lipinski definition) is 4. The Balaban J connectivity index is 1.53. The fraction of sp³-hybridized carbons (Fsp3) is 0.400. The predicted molar refractivity (Wildman–Crippen MR) is 79.1 cm³/mol. The van der Waals surface area contributed by atoms with E-state index in [-0.39, 0.29) is 0 Å². The molecule has 1 aliphatic carbocycles. The lowest BCUT2D eigenvalue weighted by Crippen LogP contribution is -2.32. The van der Waals surface area contributed by atoms with Crippen LogP contribution in [0.1, 0.15) is 30.3 Å². The molecule has 0 bridgehead atoms. The van der Waals surface area contributed by atoms with Crippen LogP contribution in [0.3, 0.4) is 0 Å². The highest BCUT2D eigenvalue weighted by Crippen LogP contribution is 2.38. The van der Waals surface area contributed by atoms with Gasteiger partial charge in [-0.1, -0.05) is 0 Å². The van der Waals surface area contributed by atoms with Crippen molar-refractivity contribution >= 4 is 16.9 Å². The van der Waals surface area contributed by atoms with Crippen molar-refractivity contribution in [1.29, 1.82) is 0 Å². The molecule has 0 amide bonds. The topological polar surface area (TPSA) is 62.6 Å². The Hall–Kier alpha value is -2.37. The van der Waals surface area contributed by atoms with Crippen LogP contribution in [0, 0.1) is 0 Å². The highest BCUT2D eigenvalue weighted by atomic mass is 15.2. The fourth-order valence-corrected chi connectivity index (χ4v) is 3.29. The number of nitrogens with zero attached hydrogens (tertiary/aromatic N) is 5. The van der Waals surface area contributed by atoms with Gasteiger partial charge in [0.25, 0.3) is 0 Å². The van der Waals surface area contributed by atoms with E-state index >= 15 is 0 Å². The van der Waals surface area contributed by atoms with E-state index in [2.05, 4.69) is 29.4 Å². The van der Waals surface area contributed by atoms with Crippen molar-refractivity contribution in [1.82, 2.24) is 24.5 Å². The van der Waals surface area contributed by atoms with Gasteiger partial charge in [-0.3, -0.25) is 0 Å². The van der Waals surface area contributed by atoms with Gasteiger partial charge in [0.05, 0.1) is 24.0 Å². The molecule has 1 saturated carbocycles. The van der Waals surface area contributed by atoms with Crippen molar-refractivity contribution in [3.8, 4) is 0 Å². The van der Waals surface area contributed by atoms with Crippen molar-refractivity contribution in [2.75, 3.05) is 11.4 Å². The molecule has 0 aromatic carbocycles. The minimum Gasteiger partial charge on any atom is -0.350 e. The summed E-state index contributed by atoms with van der Waals surface area (Å²) in [6.07, 6.45) is 9.23. The average Bonchev–Trinajstić information content (AvgIpc) is 3.10. The second-order valence-corrected chi connectivity index (χ2v) is 5.89. The lowest BCUT2D eigenvalue weighted by molar-refractivity contribution is 0.639. The first kappa shape index (κ1) is 11.3. The highest BCUT2D eigenvalue weighted by Gasteiger charge is 2.30. The van der Waals surface area contributed by atoms with Gasteiger partial charge in [0, 0.05) is 30.9 Å². The standard InChI is InChI=1S/C15H16N6/c1-2-10(1)21-9-19-12-7-20(6-4-13(12)21)15-11-3-5-16-14(11)17-8-18-15/h3,5,8-10H,1-2,4,6-7H2,(H,16,17,18). The van der Waals surface area contributed by atoms with E-state index in [1.54, 1.807) is 6.33 Å². The van der Waals surface area contributed by atoms with E-state index in [0.29, 0.717) is 6.04 Å². The van der Waals surface area contributed by atoms with Crippen LogP contribution in [0.2, 0.25) is 0 Å². The zero-order valence-electron chi connectivity index (χ0n) is 11.7. The SMILES string of the molecule is c1nc(N2CCc3c(ncn3C3CC3)C2)c2cc[nH]c2n1. The Morgan fingerprint density at radius 3 is 3.05 bits per heavy atom. The minimum atomic E-state index is 0.711. The van der Waals surface area contributed by atoms with Crippen LogP contribution in [0.25, 0.3) is 11.0 Å². The van der Waals surface area contributed by atoms with E-state index in [1.807, 2.05) is 18.6 Å². The molecule has 1 aliphatic heterocycles. The Kier molecular flexibility index (Phi) is 2.19. The van der Waals surface area contributed by atoms with Gasteiger partial charge in [-0.15, -0.1) is 0 Å². The maximum absolute atomic E-state index is 4.63. The van der Waals surface area contributed by atoms with Crippen LogP contribution in [0.5, 0.6) is 0 Å². The van der Waals surface area contributed by atoms with Crippen LogP contribution in [0.15, 0.2) is 24.9 Å². The van der Waals surface area contributed by atoms with Gasteiger partial charge in [0.2, 0.25) is 0 Å². The number of aromatic amines is 1. The molecule has 0 saturated heterocycles. The molecule has 106 valence electrons. The molecular formula is C15H16N6. The number of aromatic nitrogens is 5. The average molecular weight is 280 g/mol. The van der Waals surface area contributed by atoms with E-state index < -0.39 is 0 Å². The van der Waals surface area contributed by atoms with Gasteiger partial charge in [-0.2, -0.15) is 0 Å². The van der Waals surface area contributed by atoms with Gasteiger partial charge in [0.15, 0.2) is 0 Å². The predicted octanol–water partition coefficient (Wildman–Crippen LogP) is 2.05. The van der Waals surface area contributed by atoms with Crippen LogP contribution in [-0.2, 0) is 13.0 Å². The summed E-state index contributed by atoms with van der Waals surface area (Å²) in [5, 5.41) is 1.09. The molecule has 21 heavy (non-hydrogen) atoms. The summed E-state index contributed by atoms with van der Waals surface area (Å²) in [6.45, 7) is 1.83. The van der Waals surface area contributed by atoms with Crippen LogP contribution < -0.4 is 4.90 Å². The highest BCUT2D eigenvalue weighted by molar-refractivity contribution is 5.87. The van der Waals surface area contributed by atoms with E-state index in [9.17, 15) is 0 Å². The Bertz CT molecular complexity index is 813. The minimum absolute atomic E-state index is 0.711. The largest absolute Gasteiger partial charge is 0.350 e. The maximum Gasteiger partial charge on any atom is 0.142 e. The summed E-state index contributed by atoms with van der Waals surface area (Å²) in [6, 6.07) is 2.76. The zero-order chi connectivity index (χ0) is 13.8. The third-order valence-electron chi connectivity index (χ3n) is 4.51. The van der Waals surface area contributed by atoms with Crippen molar-refractivity contribution in [2.45, 2.75) is 31.8 Å². The summed E-state index contributed by atoms with van der Waals surface area (Å²) < 4.78 is 2.39. The second-order valence-electron chi connectivity index (χ2n) is 5.89. The molecule has 0 atom stereocenters. The number of rotatable bonds is 2. The normalized spacial score (nSPS) is 18.2. The van der Waals surface area contributed by atoms with Crippen LogP contribution in [0.4, 0.5) is 5.82 Å². The number of nitrogens with one attached hydrogen (secondary N) is 1. The smallest absolute Gasteiger partial charge is 0.142 e. The zero-order valence-corrected chi connectivity index (χ0v) is 11.7. The molecule has 0 spiro atoms. The summed E-state index contributed by atoms with van der Waals surface area (Å²) in [4.78, 5) is 18.8. The summed E-state index contributed by atoms with van der Waals surface area (Å²) in [7, 11) is 0. The molecule has 0 radical (unpaired) electrons. The third-order valence-corrected chi connectivity index (χ3v) is 4.51. The Labute approximate surface area is 121 Å². The first-order chi connectivity index (χ1) is 10.4. The summed E-state index contributed by atoms with van der Waals surface area (Å²) in [5.74, 6) is 1.01. The van der Waals surface area contributed by atoms with Crippen molar-refractivity contribution in [2.24, 2.45) is 0 Å². The molecular weight excluding hydrogens is 264 g/mol. The number of fused-ring (bicyclic) bond motifs is 2. The van der Waals surface area contributed by atoms with E-state index in [4.69, 9.17) is 0 Å². The number of H-pyrrole nitrogens is 1. The molecule has 1 N–H and O–H groups in total. The second kappa shape index (κ2) is 4.07. The molecule has 6 heteroatoms. The van der Waals surface area contributed by atoms with Gasteiger partial charge in [-0.25, -0.2) is 15.0 Å². The molecule has 4 heterocycles. The first-order valence-electron chi connectivity index (χ1n) is 7.48. The van der Waals surface area contributed by atoms with Gasteiger partial charge in [0.1, 0.15) is 17.8 Å². The lowest BCUT2D eigenvalue weighted by Gasteiger charge is -2.28. The molecule has 5 rings (SSSR count). The molecule has 2 aliphatic rings. The Morgan fingerprint density at radius 1 is 1.19 bits per heavy atom. The molecule has 3 aromatic rings. The maximum atomic E-state index is 4.63. The van der Waals surface area contributed by atoms with Gasteiger partial charge < -0.3 is 14.5 Å². The summed E-state index contributed by atoms with van der Waals surface area (Å²) in [5.41, 5.74) is 3.53. The van der Waals surface area contributed by atoms with Crippen LogP contribution in [-0.4, -0.2) is 31.0 Å². The fourth-order valence-electron chi connectivity index (χ4n) is 3.29. The molecule has 0 unspecified atom stereocenters. The van der Waals surface area contributed by atoms with E-state index in [0.717, 1.165) is 36.4 Å². The monoisotopic (exact) mass is 280 g/mol. The van der Waals surface area contributed by atoms with Crippen molar-refractivity contribution < 1.29 is 0 Å². The number of imidazole rings is 1. The van der Waals surface area contributed by atoms with Crippen molar-refractivity contribution in [3.63, 3.8) is 0 Å². The quantitative estimate of drug-likeness (QED) is 0.780. The lowest BCUT2D eigenvalue weighted by atomic mass is 10.1. The van der Waals surface area contributed by atoms with Gasteiger partial charge >= 0.3 is 0 Å². The van der Waals surface area contributed by atoms with Crippen LogP contribution >= 0.6 is 0 Å². The molecule has 6 nitrogen and oxygen atoms in total. The number of anilines is 1. The Morgan fingerprint density at radius 2 is 2.14 bits per heavy atom. The first-order valence-corrected chi connectivity index (χ1v) is 7.48. The third kappa shape index (κ3) is 1.68. The van der Waals surface area contributed by atoms with E-state index in [1.165, 1.54) is 24.2 Å². The molecule has 1 fully saturated rings.